The quantitative estimate of drug-likeness (QED) is 0.602. The Morgan fingerprint density at radius 3 is 2.30 bits per heavy atom. The standard InChI is InChI=1S/C26H36N4/c1-26(2,3)22-13-11-21(12-14-22)20-30-24-9-6-5-8-23(24)27-25(30)10-7-15-29-18-16-28(4)17-19-29/h5-6,8-9,11-14H,7,10,15-20H2,1-4H3. The Kier molecular flexibility index (Phi) is 6.26. The molecule has 0 spiro atoms. The molecule has 1 saturated heterocycles. The van der Waals surface area contributed by atoms with Crippen molar-refractivity contribution < 1.29 is 0 Å². The molecule has 0 radical (unpaired) electrons. The van der Waals surface area contributed by atoms with Crippen LogP contribution in [-0.2, 0) is 18.4 Å². The first-order valence-corrected chi connectivity index (χ1v) is 11.3. The van der Waals surface area contributed by atoms with Crippen molar-refractivity contribution in [3.05, 3.63) is 65.5 Å². The summed E-state index contributed by atoms with van der Waals surface area (Å²) in [6.07, 6.45) is 2.19. The second kappa shape index (κ2) is 8.91. The van der Waals surface area contributed by atoms with E-state index < -0.39 is 0 Å². The fraction of sp³-hybridized carbons (Fsp3) is 0.500. The molecule has 30 heavy (non-hydrogen) atoms. The molecule has 4 heteroatoms. The van der Waals surface area contributed by atoms with Crippen molar-refractivity contribution in [1.29, 1.82) is 0 Å². The van der Waals surface area contributed by atoms with Crippen molar-refractivity contribution in [3.63, 3.8) is 0 Å². The normalized spacial score (nSPS) is 16.4. The van der Waals surface area contributed by atoms with Gasteiger partial charge in [0.1, 0.15) is 5.82 Å². The second-order valence-electron chi connectivity index (χ2n) is 9.80. The predicted octanol–water partition coefficient (Wildman–Crippen LogP) is 4.56. The van der Waals surface area contributed by atoms with Gasteiger partial charge in [-0.2, -0.15) is 0 Å². The van der Waals surface area contributed by atoms with Gasteiger partial charge < -0.3 is 14.4 Å². The van der Waals surface area contributed by atoms with Gasteiger partial charge in [0.15, 0.2) is 0 Å². The summed E-state index contributed by atoms with van der Waals surface area (Å²) in [6.45, 7) is 13.6. The van der Waals surface area contributed by atoms with Crippen molar-refractivity contribution in [2.45, 2.75) is 45.6 Å². The smallest absolute Gasteiger partial charge is 0.110 e. The van der Waals surface area contributed by atoms with Gasteiger partial charge in [-0.1, -0.05) is 57.2 Å². The summed E-state index contributed by atoms with van der Waals surface area (Å²) in [6, 6.07) is 17.7. The molecule has 2 heterocycles. The van der Waals surface area contributed by atoms with Crippen LogP contribution < -0.4 is 0 Å². The molecule has 1 aromatic heterocycles. The predicted molar refractivity (Wildman–Crippen MR) is 126 cm³/mol. The minimum absolute atomic E-state index is 0.189. The zero-order valence-electron chi connectivity index (χ0n) is 19.1. The van der Waals surface area contributed by atoms with Crippen LogP contribution in [0, 0.1) is 0 Å². The highest BCUT2D eigenvalue weighted by Crippen LogP contribution is 2.24. The number of piperazine rings is 1. The number of para-hydroxylation sites is 2. The third-order valence-corrected chi connectivity index (χ3v) is 6.36. The first kappa shape index (κ1) is 21.1. The van der Waals surface area contributed by atoms with Gasteiger partial charge in [0.05, 0.1) is 11.0 Å². The number of rotatable bonds is 6. The lowest BCUT2D eigenvalue weighted by atomic mass is 9.87. The summed E-state index contributed by atoms with van der Waals surface area (Å²) < 4.78 is 2.42. The molecule has 4 rings (SSSR count). The molecular weight excluding hydrogens is 368 g/mol. The summed E-state index contributed by atoms with van der Waals surface area (Å²) >= 11 is 0. The third kappa shape index (κ3) is 4.93. The van der Waals surface area contributed by atoms with Gasteiger partial charge in [0.25, 0.3) is 0 Å². The van der Waals surface area contributed by atoms with E-state index in [4.69, 9.17) is 4.98 Å². The van der Waals surface area contributed by atoms with E-state index in [0.29, 0.717) is 0 Å². The Morgan fingerprint density at radius 2 is 1.60 bits per heavy atom. The summed E-state index contributed by atoms with van der Waals surface area (Å²) in [5.41, 5.74) is 5.26. The summed E-state index contributed by atoms with van der Waals surface area (Å²) in [7, 11) is 2.22. The molecule has 0 bridgehead atoms. The van der Waals surface area contributed by atoms with Crippen LogP contribution in [0.25, 0.3) is 11.0 Å². The van der Waals surface area contributed by atoms with E-state index in [-0.39, 0.29) is 5.41 Å². The minimum Gasteiger partial charge on any atom is -0.323 e. The summed E-state index contributed by atoms with van der Waals surface area (Å²) in [5.74, 6) is 1.21. The number of benzene rings is 2. The number of likely N-dealkylation sites (N-methyl/N-ethyl adjacent to an activating group) is 1. The monoisotopic (exact) mass is 404 g/mol. The largest absolute Gasteiger partial charge is 0.323 e. The van der Waals surface area contributed by atoms with Crippen LogP contribution in [0.3, 0.4) is 0 Å². The van der Waals surface area contributed by atoms with E-state index in [9.17, 15) is 0 Å². The van der Waals surface area contributed by atoms with E-state index >= 15 is 0 Å². The summed E-state index contributed by atoms with van der Waals surface area (Å²) in [5, 5.41) is 0. The second-order valence-corrected chi connectivity index (χ2v) is 9.80. The maximum atomic E-state index is 5.00. The average Bonchev–Trinajstić information content (AvgIpc) is 3.07. The first-order chi connectivity index (χ1) is 14.4. The minimum atomic E-state index is 0.189. The van der Waals surface area contributed by atoms with E-state index in [1.807, 2.05) is 0 Å². The number of aryl methyl sites for hydroxylation is 1. The molecule has 0 unspecified atom stereocenters. The molecule has 1 aliphatic rings. The number of imidazole rings is 1. The highest BCUT2D eigenvalue weighted by atomic mass is 15.2. The lowest BCUT2D eigenvalue weighted by Gasteiger charge is -2.32. The molecular formula is C26H36N4. The molecule has 0 atom stereocenters. The molecule has 1 aliphatic heterocycles. The molecule has 0 saturated carbocycles. The Balaban J connectivity index is 1.49. The van der Waals surface area contributed by atoms with Crippen molar-refractivity contribution in [2.24, 2.45) is 0 Å². The van der Waals surface area contributed by atoms with Gasteiger partial charge in [-0.3, -0.25) is 0 Å². The number of fused-ring (bicyclic) bond motifs is 1. The molecule has 1 fully saturated rings. The zero-order valence-corrected chi connectivity index (χ0v) is 19.1. The number of hydrogen-bond acceptors (Lipinski definition) is 3. The topological polar surface area (TPSA) is 24.3 Å². The number of hydrogen-bond donors (Lipinski definition) is 0. The molecule has 0 amide bonds. The van der Waals surface area contributed by atoms with Crippen LogP contribution in [0.5, 0.6) is 0 Å². The van der Waals surface area contributed by atoms with E-state index in [1.54, 1.807) is 0 Å². The average molecular weight is 405 g/mol. The summed E-state index contributed by atoms with van der Waals surface area (Å²) in [4.78, 5) is 10.0. The molecule has 3 aromatic rings. The maximum Gasteiger partial charge on any atom is 0.110 e. The van der Waals surface area contributed by atoms with Crippen LogP contribution in [-0.4, -0.2) is 59.1 Å². The van der Waals surface area contributed by atoms with E-state index in [2.05, 4.69) is 90.7 Å². The fourth-order valence-corrected chi connectivity index (χ4v) is 4.32. The Hall–Kier alpha value is -2.17. The SMILES string of the molecule is CN1CCN(CCCc2nc3ccccc3n2Cc2ccc(C(C)(C)C)cc2)CC1. The fourth-order valence-electron chi connectivity index (χ4n) is 4.32. The third-order valence-electron chi connectivity index (χ3n) is 6.36. The van der Waals surface area contributed by atoms with Gasteiger partial charge in [-0.15, -0.1) is 0 Å². The molecule has 0 aliphatic carbocycles. The van der Waals surface area contributed by atoms with Crippen molar-refractivity contribution in [3.8, 4) is 0 Å². The Morgan fingerprint density at radius 1 is 0.900 bits per heavy atom. The first-order valence-electron chi connectivity index (χ1n) is 11.3. The maximum absolute atomic E-state index is 5.00. The van der Waals surface area contributed by atoms with Crippen LogP contribution >= 0.6 is 0 Å². The van der Waals surface area contributed by atoms with Crippen LogP contribution in [0.15, 0.2) is 48.5 Å². The van der Waals surface area contributed by atoms with E-state index in [0.717, 1.165) is 31.4 Å². The van der Waals surface area contributed by atoms with Gasteiger partial charge in [-0.05, 0) is 48.7 Å². The Labute approximate surface area is 181 Å². The highest BCUT2D eigenvalue weighted by molar-refractivity contribution is 5.76. The Bertz CT molecular complexity index is 957. The van der Waals surface area contributed by atoms with Gasteiger partial charge in [-0.25, -0.2) is 4.98 Å². The van der Waals surface area contributed by atoms with E-state index in [1.165, 1.54) is 48.6 Å². The van der Waals surface area contributed by atoms with Gasteiger partial charge in [0.2, 0.25) is 0 Å². The molecule has 160 valence electrons. The van der Waals surface area contributed by atoms with Crippen molar-refractivity contribution in [2.75, 3.05) is 39.8 Å². The lowest BCUT2D eigenvalue weighted by Crippen LogP contribution is -2.44. The van der Waals surface area contributed by atoms with Crippen LogP contribution in [0.1, 0.15) is 44.1 Å². The molecule has 4 nitrogen and oxygen atoms in total. The number of aromatic nitrogens is 2. The lowest BCUT2D eigenvalue weighted by molar-refractivity contribution is 0.152. The van der Waals surface area contributed by atoms with Crippen molar-refractivity contribution in [1.82, 2.24) is 19.4 Å². The van der Waals surface area contributed by atoms with Crippen LogP contribution in [0.4, 0.5) is 0 Å². The molecule has 0 N–H and O–H groups in total. The van der Waals surface area contributed by atoms with Crippen molar-refractivity contribution >= 4 is 11.0 Å². The van der Waals surface area contributed by atoms with Crippen LogP contribution in [0.2, 0.25) is 0 Å². The highest BCUT2D eigenvalue weighted by Gasteiger charge is 2.16. The zero-order chi connectivity index (χ0) is 21.1. The molecule has 2 aromatic carbocycles. The van der Waals surface area contributed by atoms with Gasteiger partial charge in [0, 0.05) is 39.1 Å². The number of nitrogens with zero attached hydrogens (tertiary/aromatic N) is 4. The van der Waals surface area contributed by atoms with Gasteiger partial charge >= 0.3 is 0 Å².